The van der Waals surface area contributed by atoms with E-state index in [0.717, 1.165) is 11.1 Å². The number of aryl methyl sites for hydroxylation is 1. The van der Waals surface area contributed by atoms with E-state index in [9.17, 15) is 9.00 Å². The minimum absolute atomic E-state index is 0.227. The second kappa shape index (κ2) is 8.64. The normalized spacial score (nSPS) is 14.5. The summed E-state index contributed by atoms with van der Waals surface area (Å²) in [4.78, 5) is 12.4. The highest BCUT2D eigenvalue weighted by Crippen LogP contribution is 2.16. The fourth-order valence-corrected chi connectivity index (χ4v) is 3.05. The van der Waals surface area contributed by atoms with Crippen LogP contribution in [0.25, 0.3) is 0 Å². The van der Waals surface area contributed by atoms with E-state index in [4.69, 9.17) is 4.74 Å². The van der Waals surface area contributed by atoms with Crippen LogP contribution in [0.15, 0.2) is 54.6 Å². The minimum Gasteiger partial charge on any atom is -0.481 e. The monoisotopic (exact) mass is 345 g/mol. The minimum atomic E-state index is -1.02. The molecule has 3 atom stereocenters. The molecule has 0 bridgehead atoms. The van der Waals surface area contributed by atoms with Crippen molar-refractivity contribution >= 4 is 16.7 Å². The summed E-state index contributed by atoms with van der Waals surface area (Å²) < 4.78 is 17.3. The Labute approximate surface area is 145 Å². The second-order valence-corrected chi connectivity index (χ2v) is 7.26. The van der Waals surface area contributed by atoms with Gasteiger partial charge in [-0.1, -0.05) is 48.0 Å². The fraction of sp³-hybridized carbons (Fsp3) is 0.316. The summed E-state index contributed by atoms with van der Waals surface area (Å²) in [5.41, 5.74) is 2.07. The lowest BCUT2D eigenvalue weighted by molar-refractivity contribution is -0.127. The maximum Gasteiger partial charge on any atom is 0.261 e. The SMILES string of the molecule is Cc1ccc(O[C@H](C)C(=O)N[C@@H](C[S@](C)=O)c2ccccc2)cc1. The Morgan fingerprint density at radius 1 is 1.12 bits per heavy atom. The summed E-state index contributed by atoms with van der Waals surface area (Å²) in [5.74, 6) is 0.793. The van der Waals surface area contributed by atoms with Crippen LogP contribution >= 0.6 is 0 Å². The van der Waals surface area contributed by atoms with E-state index in [0.29, 0.717) is 11.5 Å². The van der Waals surface area contributed by atoms with E-state index in [1.54, 1.807) is 13.2 Å². The second-order valence-electron chi connectivity index (χ2n) is 5.78. The maximum absolute atomic E-state index is 12.4. The Bertz CT molecular complexity index is 686. The van der Waals surface area contributed by atoms with Crippen molar-refractivity contribution in [2.45, 2.75) is 26.0 Å². The van der Waals surface area contributed by atoms with Crippen molar-refractivity contribution in [3.63, 3.8) is 0 Å². The van der Waals surface area contributed by atoms with Gasteiger partial charge in [0.25, 0.3) is 5.91 Å². The van der Waals surface area contributed by atoms with E-state index in [1.165, 1.54) is 0 Å². The molecule has 0 fully saturated rings. The lowest BCUT2D eigenvalue weighted by atomic mass is 10.1. The van der Waals surface area contributed by atoms with Crippen LogP contribution in [0.4, 0.5) is 0 Å². The van der Waals surface area contributed by atoms with Gasteiger partial charge < -0.3 is 10.1 Å². The zero-order chi connectivity index (χ0) is 17.5. The van der Waals surface area contributed by atoms with E-state index >= 15 is 0 Å². The molecule has 1 amide bonds. The lowest BCUT2D eigenvalue weighted by Gasteiger charge is -2.21. The summed E-state index contributed by atoms with van der Waals surface area (Å²) in [6, 6.07) is 16.8. The van der Waals surface area contributed by atoms with Crippen LogP contribution < -0.4 is 10.1 Å². The van der Waals surface area contributed by atoms with Crippen LogP contribution in [0, 0.1) is 6.92 Å². The Kier molecular flexibility index (Phi) is 6.55. The van der Waals surface area contributed by atoms with Gasteiger partial charge in [-0.05, 0) is 31.5 Å². The number of ether oxygens (including phenoxy) is 1. The number of benzene rings is 2. The average molecular weight is 345 g/mol. The van der Waals surface area contributed by atoms with E-state index in [-0.39, 0.29) is 11.9 Å². The summed E-state index contributed by atoms with van der Waals surface area (Å²) in [6.07, 6.45) is 0.998. The molecule has 0 saturated carbocycles. The largest absolute Gasteiger partial charge is 0.481 e. The van der Waals surface area contributed by atoms with Crippen molar-refractivity contribution < 1.29 is 13.7 Å². The fourth-order valence-electron chi connectivity index (χ4n) is 2.30. The van der Waals surface area contributed by atoms with Gasteiger partial charge in [0.15, 0.2) is 6.10 Å². The Morgan fingerprint density at radius 3 is 2.33 bits per heavy atom. The topological polar surface area (TPSA) is 55.4 Å². The quantitative estimate of drug-likeness (QED) is 0.839. The van der Waals surface area contributed by atoms with Crippen LogP contribution in [0.1, 0.15) is 24.1 Å². The van der Waals surface area contributed by atoms with Gasteiger partial charge in [0.2, 0.25) is 0 Å². The molecule has 2 rings (SSSR count). The molecule has 2 aromatic carbocycles. The third kappa shape index (κ3) is 5.49. The van der Waals surface area contributed by atoms with Crippen LogP contribution in [0.5, 0.6) is 5.75 Å². The molecule has 0 aromatic heterocycles. The van der Waals surface area contributed by atoms with Crippen molar-refractivity contribution in [1.82, 2.24) is 5.32 Å². The smallest absolute Gasteiger partial charge is 0.261 e. The molecular formula is C19H23NO3S. The molecular weight excluding hydrogens is 322 g/mol. The summed E-state index contributed by atoms with van der Waals surface area (Å²) >= 11 is 0. The first-order valence-electron chi connectivity index (χ1n) is 7.84. The van der Waals surface area contributed by atoms with Gasteiger partial charge in [0, 0.05) is 22.8 Å². The number of carbonyl (C=O) groups is 1. The van der Waals surface area contributed by atoms with Crippen LogP contribution in [0.2, 0.25) is 0 Å². The predicted octanol–water partition coefficient (Wildman–Crippen LogP) is 3.00. The Hall–Kier alpha value is -2.14. The molecule has 128 valence electrons. The standard InChI is InChI=1S/C19H23NO3S/c1-14-9-11-17(12-10-14)23-15(2)19(21)20-18(13-24(3)22)16-7-5-4-6-8-16/h4-12,15,18H,13H2,1-3H3,(H,20,21)/t15-,18+,24+/m1/s1. The number of rotatable bonds is 7. The molecule has 5 heteroatoms. The van der Waals surface area contributed by atoms with Gasteiger partial charge in [-0.25, -0.2) is 0 Å². The average Bonchev–Trinajstić information content (AvgIpc) is 2.56. The first-order chi connectivity index (χ1) is 11.5. The number of hydrogen-bond acceptors (Lipinski definition) is 3. The van der Waals surface area contributed by atoms with Crippen LogP contribution in [-0.4, -0.2) is 28.2 Å². The van der Waals surface area contributed by atoms with Gasteiger partial charge in [-0.3, -0.25) is 9.00 Å². The van der Waals surface area contributed by atoms with Crippen molar-refractivity contribution in [3.8, 4) is 5.75 Å². The maximum atomic E-state index is 12.4. The molecule has 0 radical (unpaired) electrons. The number of nitrogens with one attached hydrogen (secondary N) is 1. The van der Waals surface area contributed by atoms with Crippen LogP contribution in [0.3, 0.4) is 0 Å². The van der Waals surface area contributed by atoms with Crippen molar-refractivity contribution in [3.05, 3.63) is 65.7 Å². The summed E-state index contributed by atoms with van der Waals surface area (Å²) in [5, 5.41) is 2.94. The number of amides is 1. The first-order valence-corrected chi connectivity index (χ1v) is 9.57. The molecule has 0 aliphatic rings. The molecule has 0 aliphatic heterocycles. The Balaban J connectivity index is 2.03. The van der Waals surface area contributed by atoms with Gasteiger partial charge in [0.05, 0.1) is 6.04 Å². The molecule has 0 heterocycles. The number of carbonyl (C=O) groups excluding carboxylic acids is 1. The Morgan fingerprint density at radius 2 is 1.75 bits per heavy atom. The third-order valence-corrected chi connectivity index (χ3v) is 4.43. The third-order valence-electron chi connectivity index (χ3n) is 3.62. The molecule has 4 nitrogen and oxygen atoms in total. The molecule has 0 spiro atoms. The molecule has 0 unspecified atom stereocenters. The van der Waals surface area contributed by atoms with Crippen LogP contribution in [-0.2, 0) is 15.6 Å². The van der Waals surface area contributed by atoms with E-state index in [2.05, 4.69) is 5.32 Å². The molecule has 1 N–H and O–H groups in total. The van der Waals surface area contributed by atoms with E-state index in [1.807, 2.05) is 61.5 Å². The highest BCUT2D eigenvalue weighted by molar-refractivity contribution is 7.84. The zero-order valence-corrected chi connectivity index (χ0v) is 15.0. The predicted molar refractivity (Wildman–Crippen MR) is 97.5 cm³/mol. The zero-order valence-electron chi connectivity index (χ0n) is 14.2. The lowest BCUT2D eigenvalue weighted by Crippen LogP contribution is -2.40. The molecule has 0 aliphatic carbocycles. The van der Waals surface area contributed by atoms with Gasteiger partial charge in [-0.15, -0.1) is 0 Å². The molecule has 2 aromatic rings. The number of hydrogen-bond donors (Lipinski definition) is 1. The van der Waals surface area contributed by atoms with Crippen molar-refractivity contribution in [2.75, 3.05) is 12.0 Å². The van der Waals surface area contributed by atoms with Gasteiger partial charge in [-0.2, -0.15) is 0 Å². The van der Waals surface area contributed by atoms with E-state index < -0.39 is 16.9 Å². The first kappa shape index (κ1) is 18.2. The van der Waals surface area contributed by atoms with Crippen molar-refractivity contribution in [2.24, 2.45) is 0 Å². The highest BCUT2D eigenvalue weighted by Gasteiger charge is 2.21. The van der Waals surface area contributed by atoms with Gasteiger partial charge in [0.1, 0.15) is 5.75 Å². The molecule has 24 heavy (non-hydrogen) atoms. The van der Waals surface area contributed by atoms with Gasteiger partial charge >= 0.3 is 0 Å². The molecule has 0 saturated heterocycles. The summed E-state index contributed by atoms with van der Waals surface area (Å²) in [6.45, 7) is 3.70. The summed E-state index contributed by atoms with van der Waals surface area (Å²) in [7, 11) is -1.02. The van der Waals surface area contributed by atoms with Crippen molar-refractivity contribution in [1.29, 1.82) is 0 Å². The highest BCUT2D eigenvalue weighted by atomic mass is 32.2.